The second-order valence-corrected chi connectivity index (χ2v) is 8.29. The zero-order valence-corrected chi connectivity index (χ0v) is 18.0. The van der Waals surface area contributed by atoms with E-state index in [1.165, 1.54) is 13.2 Å². The number of carboxylic acid groups (broad SMARTS) is 1. The molecule has 1 heterocycles. The fraction of sp³-hybridized carbons (Fsp3) is 0.364. The molecule has 0 saturated carbocycles. The summed E-state index contributed by atoms with van der Waals surface area (Å²) in [6, 6.07) is 10.0. The van der Waals surface area contributed by atoms with Gasteiger partial charge in [-0.15, -0.1) is 0 Å². The van der Waals surface area contributed by atoms with E-state index in [1.54, 1.807) is 31.2 Å². The molecule has 0 atom stereocenters. The topological polar surface area (TPSA) is 94.1 Å². The molecule has 2 aromatic carbocycles. The van der Waals surface area contributed by atoms with Gasteiger partial charge in [0.2, 0.25) is 0 Å². The maximum Gasteiger partial charge on any atom is 0.494 e. The summed E-state index contributed by atoms with van der Waals surface area (Å²) in [7, 11) is 0.827. The maximum atomic E-state index is 12.9. The molecule has 1 amide bonds. The minimum absolute atomic E-state index is 0.0377. The lowest BCUT2D eigenvalue weighted by atomic mass is 9.78. The van der Waals surface area contributed by atoms with E-state index in [0.29, 0.717) is 16.8 Å². The molecule has 1 aliphatic rings. The molecule has 3 rings (SSSR count). The van der Waals surface area contributed by atoms with Crippen LogP contribution in [0.3, 0.4) is 0 Å². The third-order valence-corrected chi connectivity index (χ3v) is 5.76. The van der Waals surface area contributed by atoms with Crippen LogP contribution >= 0.6 is 0 Å². The van der Waals surface area contributed by atoms with Crippen molar-refractivity contribution in [2.75, 3.05) is 12.4 Å². The standard InChI is InChI=1S/C22H26BNO6/c1-13-17(11-10-16(20(26)27)18(13)28-6)24-19(25)14-8-7-9-15(12-14)23-29-21(2,3)22(4,5)30-23/h7-12H,1-6H3,(H,24,25)(H,26,27). The maximum absolute atomic E-state index is 12.9. The summed E-state index contributed by atoms with van der Waals surface area (Å²) in [6.45, 7) is 9.59. The number of hydrogen-bond acceptors (Lipinski definition) is 5. The molecule has 158 valence electrons. The van der Waals surface area contributed by atoms with Crippen LogP contribution in [0.15, 0.2) is 36.4 Å². The lowest BCUT2D eigenvalue weighted by Crippen LogP contribution is -2.41. The van der Waals surface area contributed by atoms with Gasteiger partial charge in [-0.3, -0.25) is 4.79 Å². The van der Waals surface area contributed by atoms with Crippen molar-refractivity contribution in [1.82, 2.24) is 0 Å². The summed E-state index contributed by atoms with van der Waals surface area (Å²) in [5.74, 6) is -1.21. The Bertz CT molecular complexity index is 985. The number of aromatic carboxylic acids is 1. The smallest absolute Gasteiger partial charge is 0.494 e. The van der Waals surface area contributed by atoms with Crippen molar-refractivity contribution in [3.63, 3.8) is 0 Å². The first kappa shape index (κ1) is 21.9. The zero-order valence-electron chi connectivity index (χ0n) is 18.0. The van der Waals surface area contributed by atoms with Crippen LogP contribution in [0.4, 0.5) is 5.69 Å². The predicted molar refractivity (Wildman–Crippen MR) is 115 cm³/mol. The third kappa shape index (κ3) is 3.93. The second-order valence-electron chi connectivity index (χ2n) is 8.29. The predicted octanol–water partition coefficient (Wildman–Crippen LogP) is 3.25. The zero-order chi connectivity index (χ0) is 22.3. The van der Waals surface area contributed by atoms with Crippen LogP contribution < -0.4 is 15.5 Å². The molecule has 0 spiro atoms. The van der Waals surface area contributed by atoms with Gasteiger partial charge in [0.1, 0.15) is 11.3 Å². The van der Waals surface area contributed by atoms with Crippen molar-refractivity contribution < 1.29 is 28.7 Å². The van der Waals surface area contributed by atoms with Crippen LogP contribution in [-0.4, -0.2) is 42.4 Å². The lowest BCUT2D eigenvalue weighted by molar-refractivity contribution is 0.00578. The second kappa shape index (κ2) is 7.77. The Hall–Kier alpha value is -2.84. The van der Waals surface area contributed by atoms with E-state index in [1.807, 2.05) is 33.8 Å². The number of rotatable bonds is 5. The number of carbonyl (C=O) groups is 2. The van der Waals surface area contributed by atoms with Crippen molar-refractivity contribution in [1.29, 1.82) is 0 Å². The fourth-order valence-electron chi connectivity index (χ4n) is 3.26. The molecule has 0 radical (unpaired) electrons. The van der Waals surface area contributed by atoms with Gasteiger partial charge in [0.15, 0.2) is 0 Å². The van der Waals surface area contributed by atoms with Gasteiger partial charge in [0.05, 0.1) is 18.3 Å². The van der Waals surface area contributed by atoms with E-state index in [2.05, 4.69) is 5.32 Å². The first-order valence-corrected chi connectivity index (χ1v) is 9.64. The quantitative estimate of drug-likeness (QED) is 0.734. The highest BCUT2D eigenvalue weighted by Crippen LogP contribution is 2.36. The van der Waals surface area contributed by atoms with Gasteiger partial charge >= 0.3 is 13.1 Å². The van der Waals surface area contributed by atoms with Gasteiger partial charge in [-0.1, -0.05) is 12.1 Å². The van der Waals surface area contributed by atoms with E-state index in [9.17, 15) is 14.7 Å². The Morgan fingerprint density at radius 3 is 2.27 bits per heavy atom. The van der Waals surface area contributed by atoms with Gasteiger partial charge in [-0.2, -0.15) is 0 Å². The molecule has 30 heavy (non-hydrogen) atoms. The monoisotopic (exact) mass is 411 g/mol. The summed E-state index contributed by atoms with van der Waals surface area (Å²) in [5.41, 5.74) is 1.27. The molecule has 1 saturated heterocycles. The van der Waals surface area contributed by atoms with Crippen molar-refractivity contribution in [2.45, 2.75) is 45.8 Å². The molecule has 0 unspecified atom stereocenters. The molecule has 0 aliphatic carbocycles. The normalized spacial score (nSPS) is 16.9. The Morgan fingerprint density at radius 1 is 1.07 bits per heavy atom. The van der Waals surface area contributed by atoms with Crippen LogP contribution in [0.1, 0.15) is 54.0 Å². The van der Waals surface area contributed by atoms with Crippen LogP contribution in [0, 0.1) is 6.92 Å². The van der Waals surface area contributed by atoms with Crippen molar-refractivity contribution >= 4 is 30.1 Å². The largest absolute Gasteiger partial charge is 0.495 e. The minimum atomic E-state index is -1.09. The number of anilines is 1. The van der Waals surface area contributed by atoms with Crippen molar-refractivity contribution in [3.05, 3.63) is 53.1 Å². The summed E-state index contributed by atoms with van der Waals surface area (Å²) >= 11 is 0. The Morgan fingerprint density at radius 2 is 1.70 bits per heavy atom. The highest BCUT2D eigenvalue weighted by atomic mass is 16.7. The number of benzene rings is 2. The third-order valence-electron chi connectivity index (χ3n) is 5.76. The number of ether oxygens (including phenoxy) is 1. The van der Waals surface area contributed by atoms with E-state index >= 15 is 0 Å². The first-order valence-electron chi connectivity index (χ1n) is 9.64. The molecule has 2 N–H and O–H groups in total. The highest BCUT2D eigenvalue weighted by molar-refractivity contribution is 6.62. The molecule has 8 heteroatoms. The number of amides is 1. The number of carboxylic acids is 1. The average molecular weight is 411 g/mol. The molecule has 7 nitrogen and oxygen atoms in total. The molecular weight excluding hydrogens is 385 g/mol. The van der Waals surface area contributed by atoms with Gasteiger partial charge in [0, 0.05) is 16.8 Å². The Labute approximate surface area is 176 Å². The van der Waals surface area contributed by atoms with E-state index in [-0.39, 0.29) is 17.2 Å². The van der Waals surface area contributed by atoms with E-state index in [0.717, 1.165) is 5.46 Å². The number of carbonyl (C=O) groups excluding carboxylic acids is 1. The molecule has 0 aromatic heterocycles. The lowest BCUT2D eigenvalue weighted by Gasteiger charge is -2.32. The SMILES string of the molecule is COc1c(C(=O)O)ccc(NC(=O)c2cccc(B3OC(C)(C)C(C)(C)O3)c2)c1C. The Kier molecular flexibility index (Phi) is 5.67. The molecule has 2 aromatic rings. The van der Waals surface area contributed by atoms with Crippen molar-refractivity contribution in [2.24, 2.45) is 0 Å². The fourth-order valence-corrected chi connectivity index (χ4v) is 3.26. The van der Waals surface area contributed by atoms with Gasteiger partial charge < -0.3 is 24.5 Å². The highest BCUT2D eigenvalue weighted by Gasteiger charge is 2.51. The summed E-state index contributed by atoms with van der Waals surface area (Å²) in [4.78, 5) is 24.2. The van der Waals surface area contributed by atoms with Gasteiger partial charge in [0.25, 0.3) is 5.91 Å². The van der Waals surface area contributed by atoms with Crippen LogP contribution in [0.2, 0.25) is 0 Å². The summed E-state index contributed by atoms with van der Waals surface area (Å²) < 4.78 is 17.3. The number of nitrogens with one attached hydrogen (secondary N) is 1. The van der Waals surface area contributed by atoms with E-state index in [4.69, 9.17) is 14.0 Å². The van der Waals surface area contributed by atoms with Gasteiger partial charge in [-0.25, -0.2) is 4.79 Å². The molecule has 1 fully saturated rings. The van der Waals surface area contributed by atoms with Crippen LogP contribution in [0.25, 0.3) is 0 Å². The average Bonchev–Trinajstić information content (AvgIpc) is 2.90. The number of methoxy groups -OCH3 is 1. The first-order chi connectivity index (χ1) is 14.0. The molecular formula is C22H26BNO6. The number of hydrogen-bond donors (Lipinski definition) is 2. The van der Waals surface area contributed by atoms with Crippen molar-refractivity contribution in [3.8, 4) is 5.75 Å². The minimum Gasteiger partial charge on any atom is -0.495 e. The summed E-state index contributed by atoms with van der Waals surface area (Å²) in [6.07, 6.45) is 0. The van der Waals surface area contributed by atoms with E-state index < -0.39 is 24.3 Å². The van der Waals surface area contributed by atoms with Crippen LogP contribution in [-0.2, 0) is 9.31 Å². The molecule has 1 aliphatic heterocycles. The summed E-state index contributed by atoms with van der Waals surface area (Å²) in [5, 5.41) is 12.1. The van der Waals surface area contributed by atoms with Crippen LogP contribution in [0.5, 0.6) is 5.75 Å². The molecule has 0 bridgehead atoms. The Balaban J connectivity index is 1.84. The van der Waals surface area contributed by atoms with Gasteiger partial charge in [-0.05, 0) is 64.3 Å².